The predicted octanol–water partition coefficient (Wildman–Crippen LogP) is 2.60. The average molecular weight is 246 g/mol. The normalized spacial score (nSPS) is 11.2. The number of nitrogens with zero attached hydrogens (tertiary/aromatic N) is 3. The van der Waals surface area contributed by atoms with Crippen LogP contribution in [0.5, 0.6) is 0 Å². The van der Waals surface area contributed by atoms with E-state index < -0.39 is 12.1 Å². The SMILES string of the molecule is CC(=O)C(CCc1ccccc1)NC(=O)N=[N+]=[N-]. The number of hydrogen-bond donors (Lipinski definition) is 1. The smallest absolute Gasteiger partial charge is 0.308 e. The second kappa shape index (κ2) is 7.09. The summed E-state index contributed by atoms with van der Waals surface area (Å²) in [5.74, 6) is -0.160. The summed E-state index contributed by atoms with van der Waals surface area (Å²) in [6, 6.07) is 8.19. The highest BCUT2D eigenvalue weighted by Crippen LogP contribution is 2.06. The number of aryl methyl sites for hydroxylation is 1. The van der Waals surface area contributed by atoms with Gasteiger partial charge in [-0.2, -0.15) is 0 Å². The molecule has 1 rings (SSSR count). The predicted molar refractivity (Wildman–Crippen MR) is 66.9 cm³/mol. The van der Waals surface area contributed by atoms with Crippen molar-refractivity contribution in [3.63, 3.8) is 0 Å². The highest BCUT2D eigenvalue weighted by molar-refractivity contribution is 5.87. The van der Waals surface area contributed by atoms with Gasteiger partial charge in [-0.1, -0.05) is 30.3 Å². The lowest BCUT2D eigenvalue weighted by atomic mass is 10.0. The first-order valence-electron chi connectivity index (χ1n) is 5.53. The van der Waals surface area contributed by atoms with E-state index in [9.17, 15) is 9.59 Å². The van der Waals surface area contributed by atoms with E-state index >= 15 is 0 Å². The van der Waals surface area contributed by atoms with Crippen LogP contribution >= 0.6 is 0 Å². The van der Waals surface area contributed by atoms with Gasteiger partial charge in [0.1, 0.15) is 0 Å². The van der Waals surface area contributed by atoms with E-state index in [4.69, 9.17) is 5.53 Å². The van der Waals surface area contributed by atoms with Crippen molar-refractivity contribution in [2.24, 2.45) is 5.11 Å². The first-order chi connectivity index (χ1) is 8.63. The molecule has 0 spiro atoms. The molecule has 0 aliphatic rings. The molecular weight excluding hydrogens is 232 g/mol. The number of ketones is 1. The van der Waals surface area contributed by atoms with Gasteiger partial charge in [-0.3, -0.25) is 9.59 Å². The van der Waals surface area contributed by atoms with Gasteiger partial charge in [0, 0.05) is 10.0 Å². The Kier molecular flexibility index (Phi) is 5.41. The van der Waals surface area contributed by atoms with Crippen molar-refractivity contribution in [1.82, 2.24) is 5.32 Å². The van der Waals surface area contributed by atoms with E-state index in [2.05, 4.69) is 15.3 Å². The number of azide groups is 1. The largest absolute Gasteiger partial charge is 0.341 e. The summed E-state index contributed by atoms with van der Waals surface area (Å²) in [6.07, 6.45) is 1.15. The van der Waals surface area contributed by atoms with Crippen molar-refractivity contribution in [1.29, 1.82) is 0 Å². The topological polar surface area (TPSA) is 94.9 Å². The number of nitrogens with one attached hydrogen (secondary N) is 1. The molecule has 0 bridgehead atoms. The lowest BCUT2D eigenvalue weighted by Crippen LogP contribution is -2.38. The summed E-state index contributed by atoms with van der Waals surface area (Å²) in [4.78, 5) is 24.8. The van der Waals surface area contributed by atoms with E-state index in [1.54, 1.807) is 0 Å². The minimum atomic E-state index is -0.828. The van der Waals surface area contributed by atoms with Crippen LogP contribution in [-0.2, 0) is 11.2 Å². The molecule has 1 unspecified atom stereocenters. The summed E-state index contributed by atoms with van der Waals surface area (Å²) in [7, 11) is 0. The van der Waals surface area contributed by atoms with Crippen LogP contribution in [0.1, 0.15) is 18.9 Å². The molecule has 0 fully saturated rings. The zero-order valence-corrected chi connectivity index (χ0v) is 10.0. The maximum atomic E-state index is 11.4. The molecule has 0 aliphatic heterocycles. The highest BCUT2D eigenvalue weighted by Gasteiger charge is 2.15. The summed E-state index contributed by atoms with van der Waals surface area (Å²) < 4.78 is 0. The summed E-state index contributed by atoms with van der Waals surface area (Å²) in [6.45, 7) is 1.39. The quantitative estimate of drug-likeness (QED) is 0.491. The zero-order valence-electron chi connectivity index (χ0n) is 10.0. The van der Waals surface area contributed by atoms with Gasteiger partial charge in [-0.25, -0.2) is 0 Å². The van der Waals surface area contributed by atoms with Crippen LogP contribution in [-0.4, -0.2) is 17.9 Å². The third-order valence-electron chi connectivity index (χ3n) is 2.49. The number of carbonyl (C=O) groups is 2. The van der Waals surface area contributed by atoms with Crippen LogP contribution in [0, 0.1) is 0 Å². The second-order valence-electron chi connectivity index (χ2n) is 3.83. The molecular formula is C12H14N4O2. The zero-order chi connectivity index (χ0) is 13.4. The monoisotopic (exact) mass is 246 g/mol. The lowest BCUT2D eigenvalue weighted by Gasteiger charge is -2.14. The first kappa shape index (κ1) is 13.7. The fraction of sp³-hybridized carbons (Fsp3) is 0.333. The average Bonchev–Trinajstić information content (AvgIpc) is 2.35. The Morgan fingerprint density at radius 1 is 1.39 bits per heavy atom. The van der Waals surface area contributed by atoms with Gasteiger partial charge in [-0.15, -0.1) is 0 Å². The Morgan fingerprint density at radius 2 is 2.06 bits per heavy atom. The lowest BCUT2D eigenvalue weighted by molar-refractivity contribution is -0.118. The number of benzene rings is 1. The van der Waals surface area contributed by atoms with Gasteiger partial charge in [0.2, 0.25) is 0 Å². The van der Waals surface area contributed by atoms with Gasteiger partial charge in [0.05, 0.1) is 6.04 Å². The first-order valence-corrected chi connectivity index (χ1v) is 5.53. The van der Waals surface area contributed by atoms with E-state index in [1.165, 1.54) is 6.92 Å². The number of urea groups is 1. The molecule has 2 amide bonds. The number of carbonyl (C=O) groups excluding carboxylic acids is 2. The number of hydrogen-bond acceptors (Lipinski definition) is 2. The fourth-order valence-electron chi connectivity index (χ4n) is 1.55. The minimum absolute atomic E-state index is 0.160. The van der Waals surface area contributed by atoms with Crippen molar-refractivity contribution in [2.45, 2.75) is 25.8 Å². The maximum Gasteiger partial charge on any atom is 0.308 e. The van der Waals surface area contributed by atoms with Crippen molar-refractivity contribution in [2.75, 3.05) is 0 Å². The molecule has 1 aromatic rings. The van der Waals surface area contributed by atoms with Gasteiger partial charge >= 0.3 is 6.03 Å². The molecule has 0 heterocycles. The molecule has 0 saturated carbocycles. The Hall–Kier alpha value is -2.33. The standard InChI is InChI=1S/C12H14N4O2/c1-9(17)11(14-12(18)15-16-13)8-7-10-5-3-2-4-6-10/h2-6,11H,7-8H2,1H3,(H,14,18). The van der Waals surface area contributed by atoms with Crippen LogP contribution < -0.4 is 5.32 Å². The summed E-state index contributed by atoms with van der Waals surface area (Å²) >= 11 is 0. The van der Waals surface area contributed by atoms with Crippen molar-refractivity contribution in [3.05, 3.63) is 46.3 Å². The summed E-state index contributed by atoms with van der Waals surface area (Å²) in [5.41, 5.74) is 9.19. The van der Waals surface area contributed by atoms with Gasteiger partial charge < -0.3 is 5.32 Å². The summed E-state index contributed by atoms with van der Waals surface area (Å²) in [5, 5.41) is 5.26. The molecule has 6 heteroatoms. The molecule has 0 aliphatic carbocycles. The Balaban J connectivity index is 2.56. The second-order valence-corrected chi connectivity index (χ2v) is 3.83. The Bertz CT molecular complexity index is 466. The van der Waals surface area contributed by atoms with Crippen LogP contribution in [0.15, 0.2) is 35.4 Å². The van der Waals surface area contributed by atoms with Crippen molar-refractivity contribution in [3.8, 4) is 0 Å². The molecule has 0 saturated heterocycles. The molecule has 1 atom stereocenters. The molecule has 1 N–H and O–H groups in total. The van der Waals surface area contributed by atoms with Crippen LogP contribution in [0.3, 0.4) is 0 Å². The fourth-order valence-corrected chi connectivity index (χ4v) is 1.55. The van der Waals surface area contributed by atoms with Crippen molar-refractivity contribution >= 4 is 11.8 Å². The third-order valence-corrected chi connectivity index (χ3v) is 2.49. The van der Waals surface area contributed by atoms with Crippen molar-refractivity contribution < 1.29 is 9.59 Å². The Morgan fingerprint density at radius 3 is 2.61 bits per heavy atom. The third kappa shape index (κ3) is 4.67. The number of rotatable bonds is 5. The van der Waals surface area contributed by atoms with Gasteiger partial charge in [-0.05, 0) is 30.9 Å². The van der Waals surface area contributed by atoms with Crippen LogP contribution in [0.25, 0.3) is 10.4 Å². The molecule has 94 valence electrons. The molecule has 0 radical (unpaired) electrons. The van der Waals surface area contributed by atoms with E-state index in [-0.39, 0.29) is 5.78 Å². The molecule has 0 aromatic heterocycles. The van der Waals surface area contributed by atoms with Gasteiger partial charge in [0.15, 0.2) is 5.78 Å². The molecule has 6 nitrogen and oxygen atoms in total. The molecule has 18 heavy (non-hydrogen) atoms. The van der Waals surface area contributed by atoms with Crippen LogP contribution in [0.2, 0.25) is 0 Å². The number of Topliss-reactive ketones (excluding diaryl/α,β-unsaturated/α-hetero) is 1. The maximum absolute atomic E-state index is 11.4. The molecule has 1 aromatic carbocycles. The Labute approximate surface area is 105 Å². The van der Waals surface area contributed by atoms with Crippen LogP contribution in [0.4, 0.5) is 4.79 Å². The minimum Gasteiger partial charge on any atom is -0.341 e. The van der Waals surface area contributed by atoms with E-state index in [1.807, 2.05) is 30.3 Å². The van der Waals surface area contributed by atoms with E-state index in [0.29, 0.717) is 12.8 Å². The van der Waals surface area contributed by atoms with Gasteiger partial charge in [0.25, 0.3) is 0 Å². The highest BCUT2D eigenvalue weighted by atomic mass is 16.2. The van der Waals surface area contributed by atoms with E-state index in [0.717, 1.165) is 5.56 Å². The number of amides is 2.